The van der Waals surface area contributed by atoms with E-state index < -0.39 is 0 Å². The van der Waals surface area contributed by atoms with Crippen LogP contribution in [0.4, 0.5) is 0 Å². The molecule has 0 amide bonds. The highest BCUT2D eigenvalue weighted by molar-refractivity contribution is 7.12. The van der Waals surface area contributed by atoms with Crippen molar-refractivity contribution in [3.8, 4) is 0 Å². The van der Waals surface area contributed by atoms with Crippen molar-refractivity contribution >= 4 is 11.3 Å². The zero-order chi connectivity index (χ0) is 10.1. The largest absolute Gasteiger partial charge is 0.372 e. The fraction of sp³-hybridized carbons (Fsp3) is 0.636. The highest BCUT2D eigenvalue weighted by Crippen LogP contribution is 2.37. The van der Waals surface area contributed by atoms with Crippen molar-refractivity contribution in [2.45, 2.75) is 32.8 Å². The smallest absolute Gasteiger partial charge is 0.0960 e. The molecule has 1 aliphatic heterocycles. The Morgan fingerprint density at radius 2 is 2.36 bits per heavy atom. The van der Waals surface area contributed by atoms with Crippen molar-refractivity contribution in [3.63, 3.8) is 0 Å². The van der Waals surface area contributed by atoms with Gasteiger partial charge in [0.25, 0.3) is 0 Å². The highest BCUT2D eigenvalue weighted by atomic mass is 32.1. The van der Waals surface area contributed by atoms with E-state index in [0.717, 1.165) is 19.4 Å². The third-order valence-corrected chi connectivity index (χ3v) is 4.09. The normalized spacial score (nSPS) is 20.9. The predicted octanol–water partition coefficient (Wildman–Crippen LogP) is 2.19. The molecule has 1 aromatic rings. The predicted molar refractivity (Wildman–Crippen MR) is 59.9 cm³/mol. The summed E-state index contributed by atoms with van der Waals surface area (Å²) < 4.78 is 5.69. The van der Waals surface area contributed by atoms with Gasteiger partial charge in [-0.1, -0.05) is 6.92 Å². The molecule has 2 rings (SSSR count). The van der Waals surface area contributed by atoms with E-state index in [-0.39, 0.29) is 6.10 Å². The van der Waals surface area contributed by atoms with Gasteiger partial charge in [-0.2, -0.15) is 0 Å². The van der Waals surface area contributed by atoms with Gasteiger partial charge in [0.05, 0.1) is 12.7 Å². The molecule has 0 bridgehead atoms. The molecule has 1 atom stereocenters. The summed E-state index contributed by atoms with van der Waals surface area (Å²) in [5.41, 5.74) is 8.61. The minimum atomic E-state index is 0.152. The van der Waals surface area contributed by atoms with Gasteiger partial charge in [-0.05, 0) is 24.5 Å². The molecule has 0 spiro atoms. The molecule has 1 unspecified atom stereocenters. The van der Waals surface area contributed by atoms with E-state index in [4.69, 9.17) is 10.5 Å². The summed E-state index contributed by atoms with van der Waals surface area (Å²) in [4.78, 5) is 2.95. The van der Waals surface area contributed by atoms with Crippen LogP contribution in [-0.2, 0) is 17.6 Å². The van der Waals surface area contributed by atoms with Gasteiger partial charge < -0.3 is 10.5 Å². The van der Waals surface area contributed by atoms with Crippen LogP contribution >= 0.6 is 11.3 Å². The molecule has 0 saturated carbocycles. The lowest BCUT2D eigenvalue weighted by Crippen LogP contribution is -2.22. The Kier molecular flexibility index (Phi) is 2.91. The maximum atomic E-state index is 5.73. The van der Waals surface area contributed by atoms with Crippen LogP contribution in [0.3, 0.4) is 0 Å². The quantitative estimate of drug-likeness (QED) is 0.814. The number of ether oxygens (including phenoxy) is 1. The van der Waals surface area contributed by atoms with E-state index >= 15 is 0 Å². The molecule has 2 heterocycles. The van der Waals surface area contributed by atoms with Gasteiger partial charge in [0, 0.05) is 22.7 Å². The van der Waals surface area contributed by atoms with Crippen LogP contribution in [0.2, 0.25) is 0 Å². The maximum Gasteiger partial charge on any atom is 0.0960 e. The highest BCUT2D eigenvalue weighted by Gasteiger charge is 2.25. The van der Waals surface area contributed by atoms with Crippen LogP contribution in [0.1, 0.15) is 33.9 Å². The van der Waals surface area contributed by atoms with E-state index in [1.54, 1.807) is 0 Å². The SMILES string of the molecule is CCc1c(C)sc2c1C(CN)OCC2. The summed E-state index contributed by atoms with van der Waals surface area (Å²) in [6.07, 6.45) is 2.31. The number of nitrogens with two attached hydrogens (primary N) is 1. The number of aryl methyl sites for hydroxylation is 1. The first kappa shape index (κ1) is 10.1. The minimum absolute atomic E-state index is 0.152. The third kappa shape index (κ3) is 1.49. The van der Waals surface area contributed by atoms with Crippen molar-refractivity contribution < 1.29 is 4.74 Å². The Hall–Kier alpha value is -0.380. The first-order chi connectivity index (χ1) is 6.77. The first-order valence-corrected chi connectivity index (χ1v) is 6.02. The molecule has 1 aromatic heterocycles. The Balaban J connectivity index is 2.47. The van der Waals surface area contributed by atoms with Crippen molar-refractivity contribution in [3.05, 3.63) is 20.9 Å². The minimum Gasteiger partial charge on any atom is -0.372 e. The van der Waals surface area contributed by atoms with E-state index in [9.17, 15) is 0 Å². The van der Waals surface area contributed by atoms with E-state index in [1.807, 2.05) is 11.3 Å². The summed E-state index contributed by atoms with van der Waals surface area (Å²) in [6, 6.07) is 0. The van der Waals surface area contributed by atoms with Crippen LogP contribution < -0.4 is 5.73 Å². The second-order valence-electron chi connectivity index (χ2n) is 3.67. The van der Waals surface area contributed by atoms with Gasteiger partial charge in [-0.3, -0.25) is 0 Å². The molecule has 0 saturated heterocycles. The number of thiophene rings is 1. The average Bonchev–Trinajstić information content (AvgIpc) is 2.52. The first-order valence-electron chi connectivity index (χ1n) is 5.20. The molecule has 0 aromatic carbocycles. The van der Waals surface area contributed by atoms with Crippen molar-refractivity contribution in [2.24, 2.45) is 5.73 Å². The molecule has 0 fully saturated rings. The molecule has 0 aliphatic carbocycles. The van der Waals surface area contributed by atoms with Crippen LogP contribution in [0.5, 0.6) is 0 Å². The third-order valence-electron chi connectivity index (χ3n) is 2.86. The Morgan fingerprint density at radius 3 is 3.00 bits per heavy atom. The molecule has 2 N–H and O–H groups in total. The topological polar surface area (TPSA) is 35.2 Å². The standard InChI is InChI=1S/C11H17NOS/c1-3-8-7(2)14-10-4-5-13-9(6-12)11(8)10/h9H,3-6,12H2,1-2H3. The van der Waals surface area contributed by atoms with E-state index in [0.29, 0.717) is 6.54 Å². The maximum absolute atomic E-state index is 5.73. The van der Waals surface area contributed by atoms with Gasteiger partial charge in [-0.25, -0.2) is 0 Å². The van der Waals surface area contributed by atoms with Gasteiger partial charge in [0.15, 0.2) is 0 Å². The molecule has 2 nitrogen and oxygen atoms in total. The van der Waals surface area contributed by atoms with Crippen molar-refractivity contribution in [2.75, 3.05) is 13.2 Å². The van der Waals surface area contributed by atoms with Crippen LogP contribution in [-0.4, -0.2) is 13.2 Å². The second-order valence-corrected chi connectivity index (χ2v) is 4.98. The lowest BCUT2D eigenvalue weighted by molar-refractivity contribution is 0.0491. The molecule has 1 aliphatic rings. The lowest BCUT2D eigenvalue weighted by Gasteiger charge is -2.23. The molecule has 3 heteroatoms. The van der Waals surface area contributed by atoms with Gasteiger partial charge in [0.2, 0.25) is 0 Å². The average molecular weight is 211 g/mol. The summed E-state index contributed by atoms with van der Waals surface area (Å²) in [6.45, 7) is 5.85. The molecule has 14 heavy (non-hydrogen) atoms. The number of hydrogen-bond acceptors (Lipinski definition) is 3. The number of fused-ring (bicyclic) bond motifs is 1. The van der Waals surface area contributed by atoms with Crippen LogP contribution in [0, 0.1) is 6.92 Å². The zero-order valence-corrected chi connectivity index (χ0v) is 9.62. The molecular weight excluding hydrogens is 194 g/mol. The van der Waals surface area contributed by atoms with Gasteiger partial charge in [-0.15, -0.1) is 11.3 Å². The number of hydrogen-bond donors (Lipinski definition) is 1. The molecule has 78 valence electrons. The number of rotatable bonds is 2. The summed E-state index contributed by atoms with van der Waals surface area (Å²) >= 11 is 1.92. The fourth-order valence-corrected chi connectivity index (χ4v) is 3.52. The van der Waals surface area contributed by atoms with E-state index in [2.05, 4.69) is 13.8 Å². The van der Waals surface area contributed by atoms with Gasteiger partial charge in [0.1, 0.15) is 0 Å². The lowest BCUT2D eigenvalue weighted by atomic mass is 9.98. The zero-order valence-electron chi connectivity index (χ0n) is 8.80. The van der Waals surface area contributed by atoms with Crippen molar-refractivity contribution in [1.82, 2.24) is 0 Å². The Bertz CT molecular complexity index is 332. The molecular formula is C11H17NOS. The van der Waals surface area contributed by atoms with E-state index in [1.165, 1.54) is 20.9 Å². The van der Waals surface area contributed by atoms with Crippen molar-refractivity contribution in [1.29, 1.82) is 0 Å². The summed E-state index contributed by atoms with van der Waals surface area (Å²) in [7, 11) is 0. The van der Waals surface area contributed by atoms with Crippen LogP contribution in [0.25, 0.3) is 0 Å². The Labute approximate surface area is 89.1 Å². The summed E-state index contributed by atoms with van der Waals surface area (Å²) in [5.74, 6) is 0. The van der Waals surface area contributed by atoms with Gasteiger partial charge >= 0.3 is 0 Å². The fourth-order valence-electron chi connectivity index (χ4n) is 2.22. The Morgan fingerprint density at radius 1 is 1.57 bits per heavy atom. The monoisotopic (exact) mass is 211 g/mol. The second kappa shape index (κ2) is 4.01. The molecule has 0 radical (unpaired) electrons. The van der Waals surface area contributed by atoms with Crippen LogP contribution in [0.15, 0.2) is 0 Å². The summed E-state index contributed by atoms with van der Waals surface area (Å²) in [5, 5.41) is 0.